The van der Waals surface area contributed by atoms with Gasteiger partial charge in [-0.15, -0.1) is 23.1 Å². The number of hydrogen-bond acceptors (Lipinski definition) is 5. The molecule has 2 aromatic heterocycles. The summed E-state index contributed by atoms with van der Waals surface area (Å²) in [6.45, 7) is 2.06. The van der Waals surface area contributed by atoms with Crippen LogP contribution in [-0.2, 0) is 0 Å². The molecule has 1 aromatic carbocycles. The number of rotatable bonds is 4. The molecule has 0 atom stereocenters. The van der Waals surface area contributed by atoms with Gasteiger partial charge in [-0.25, -0.2) is 9.97 Å². The summed E-state index contributed by atoms with van der Waals surface area (Å²) in [5.41, 5.74) is 2.35. The molecule has 5 heteroatoms. The topological polar surface area (TPSA) is 46.0 Å². The van der Waals surface area contributed by atoms with E-state index in [0.29, 0.717) is 5.75 Å². The molecule has 0 aliphatic heterocycles. The van der Waals surface area contributed by atoms with Crippen LogP contribution in [0.2, 0.25) is 0 Å². The Morgan fingerprint density at radius 2 is 2.00 bits per heavy atom. The standard InChI is InChI=1S/C15H14N2OS2/c1-10-16-14(19-8-7-18)13-12(9-20-15(13)17-10)11-5-3-2-4-6-11/h2-6,9,18H,7-8H2,1H3. The number of fused-ring (bicyclic) bond motifs is 1. The smallest absolute Gasteiger partial charge is 0.128 e. The molecule has 0 saturated heterocycles. The first-order chi connectivity index (χ1) is 9.79. The first-order valence-corrected chi connectivity index (χ1v) is 8.21. The fourth-order valence-electron chi connectivity index (χ4n) is 2.09. The average Bonchev–Trinajstić information content (AvgIpc) is 2.89. The van der Waals surface area contributed by atoms with Crippen LogP contribution in [0, 0.1) is 6.92 Å². The Morgan fingerprint density at radius 1 is 1.20 bits per heavy atom. The minimum Gasteiger partial charge on any atom is -0.396 e. The number of aromatic nitrogens is 2. The van der Waals surface area contributed by atoms with Crippen molar-refractivity contribution in [3.63, 3.8) is 0 Å². The molecule has 3 aromatic rings. The van der Waals surface area contributed by atoms with Crippen molar-refractivity contribution < 1.29 is 5.11 Å². The number of aryl methyl sites for hydroxylation is 1. The Morgan fingerprint density at radius 3 is 2.75 bits per heavy atom. The Kier molecular flexibility index (Phi) is 4.00. The van der Waals surface area contributed by atoms with Gasteiger partial charge in [0.2, 0.25) is 0 Å². The largest absolute Gasteiger partial charge is 0.396 e. The molecule has 1 N–H and O–H groups in total. The number of aliphatic hydroxyl groups excluding tert-OH is 1. The van der Waals surface area contributed by atoms with Crippen LogP contribution < -0.4 is 0 Å². The molecule has 0 bridgehead atoms. The monoisotopic (exact) mass is 302 g/mol. The lowest BCUT2D eigenvalue weighted by Crippen LogP contribution is -1.94. The summed E-state index contributed by atoms with van der Waals surface area (Å²) in [5.74, 6) is 1.43. The van der Waals surface area contributed by atoms with Gasteiger partial charge < -0.3 is 5.11 Å². The van der Waals surface area contributed by atoms with Crippen molar-refractivity contribution in [2.45, 2.75) is 11.9 Å². The lowest BCUT2D eigenvalue weighted by atomic mass is 10.1. The predicted octanol–water partition coefficient (Wildman–Crippen LogP) is 3.75. The van der Waals surface area contributed by atoms with Crippen LogP contribution in [-0.4, -0.2) is 27.4 Å². The zero-order valence-corrected chi connectivity index (χ0v) is 12.7. The van der Waals surface area contributed by atoms with E-state index in [-0.39, 0.29) is 6.61 Å². The van der Waals surface area contributed by atoms with Gasteiger partial charge in [-0.2, -0.15) is 0 Å². The number of benzene rings is 1. The lowest BCUT2D eigenvalue weighted by Gasteiger charge is -2.05. The van der Waals surface area contributed by atoms with Gasteiger partial charge in [0.1, 0.15) is 15.7 Å². The van der Waals surface area contributed by atoms with Gasteiger partial charge in [-0.1, -0.05) is 30.3 Å². The van der Waals surface area contributed by atoms with Crippen LogP contribution >= 0.6 is 23.1 Å². The van der Waals surface area contributed by atoms with Gasteiger partial charge >= 0.3 is 0 Å². The van der Waals surface area contributed by atoms with E-state index < -0.39 is 0 Å². The SMILES string of the molecule is Cc1nc(SCCO)c2c(-c3ccccc3)csc2n1. The first kappa shape index (κ1) is 13.5. The average molecular weight is 302 g/mol. The normalized spacial score (nSPS) is 11.1. The lowest BCUT2D eigenvalue weighted by molar-refractivity contribution is 0.322. The maximum Gasteiger partial charge on any atom is 0.128 e. The minimum atomic E-state index is 0.153. The Balaban J connectivity index is 2.19. The molecular formula is C15H14N2OS2. The third-order valence-corrected chi connectivity index (χ3v) is 4.75. The second kappa shape index (κ2) is 5.91. The zero-order valence-electron chi connectivity index (χ0n) is 11.0. The summed E-state index contributed by atoms with van der Waals surface area (Å²) >= 11 is 3.23. The molecule has 0 aliphatic rings. The summed E-state index contributed by atoms with van der Waals surface area (Å²) in [6, 6.07) is 10.3. The first-order valence-electron chi connectivity index (χ1n) is 6.34. The number of nitrogens with zero attached hydrogens (tertiary/aromatic N) is 2. The van der Waals surface area contributed by atoms with Crippen molar-refractivity contribution in [1.82, 2.24) is 9.97 Å². The molecule has 0 amide bonds. The van der Waals surface area contributed by atoms with Crippen molar-refractivity contribution in [3.8, 4) is 11.1 Å². The summed E-state index contributed by atoms with van der Waals surface area (Å²) < 4.78 is 0. The molecule has 2 heterocycles. The van der Waals surface area contributed by atoms with Crippen LogP contribution in [0.1, 0.15) is 5.82 Å². The quantitative estimate of drug-likeness (QED) is 0.589. The van der Waals surface area contributed by atoms with Crippen molar-refractivity contribution in [3.05, 3.63) is 41.5 Å². The van der Waals surface area contributed by atoms with E-state index in [1.165, 1.54) is 11.1 Å². The van der Waals surface area contributed by atoms with E-state index in [1.54, 1.807) is 23.1 Å². The van der Waals surface area contributed by atoms with Gasteiger partial charge in [-0.05, 0) is 12.5 Å². The molecular weight excluding hydrogens is 288 g/mol. The molecule has 0 fully saturated rings. The van der Waals surface area contributed by atoms with Gasteiger partial charge in [0.15, 0.2) is 0 Å². The number of thiophene rings is 1. The van der Waals surface area contributed by atoms with E-state index in [1.807, 2.05) is 25.1 Å². The number of aliphatic hydroxyl groups is 1. The third kappa shape index (κ3) is 2.57. The molecule has 102 valence electrons. The summed E-state index contributed by atoms with van der Waals surface area (Å²) in [7, 11) is 0. The number of hydrogen-bond donors (Lipinski definition) is 1. The van der Waals surface area contributed by atoms with E-state index in [2.05, 4.69) is 27.5 Å². The summed E-state index contributed by atoms with van der Waals surface area (Å²) in [4.78, 5) is 10.1. The highest BCUT2D eigenvalue weighted by atomic mass is 32.2. The molecule has 20 heavy (non-hydrogen) atoms. The van der Waals surface area contributed by atoms with Gasteiger partial charge in [0.05, 0.1) is 12.0 Å². The van der Waals surface area contributed by atoms with Crippen LogP contribution in [0.3, 0.4) is 0 Å². The highest BCUT2D eigenvalue weighted by molar-refractivity contribution is 7.99. The fourth-order valence-corrected chi connectivity index (χ4v) is 3.98. The Bertz CT molecular complexity index is 725. The van der Waals surface area contributed by atoms with Crippen LogP contribution in [0.25, 0.3) is 21.3 Å². The molecule has 3 rings (SSSR count). The fraction of sp³-hybridized carbons (Fsp3) is 0.200. The second-order valence-electron chi connectivity index (χ2n) is 4.34. The highest BCUT2D eigenvalue weighted by Gasteiger charge is 2.14. The van der Waals surface area contributed by atoms with Crippen molar-refractivity contribution in [2.24, 2.45) is 0 Å². The highest BCUT2D eigenvalue weighted by Crippen LogP contribution is 2.38. The minimum absolute atomic E-state index is 0.153. The van der Waals surface area contributed by atoms with Crippen molar-refractivity contribution in [2.75, 3.05) is 12.4 Å². The predicted molar refractivity (Wildman–Crippen MR) is 85.4 cm³/mol. The van der Waals surface area contributed by atoms with Gasteiger partial charge in [-0.3, -0.25) is 0 Å². The summed E-state index contributed by atoms with van der Waals surface area (Å²) in [5, 5.41) is 13.2. The van der Waals surface area contributed by atoms with E-state index in [4.69, 9.17) is 5.11 Å². The van der Waals surface area contributed by atoms with E-state index in [0.717, 1.165) is 21.1 Å². The molecule has 0 unspecified atom stereocenters. The number of thioether (sulfide) groups is 1. The molecule has 0 spiro atoms. The molecule has 0 saturated carbocycles. The Hall–Kier alpha value is -1.43. The third-order valence-electron chi connectivity index (χ3n) is 2.93. The van der Waals surface area contributed by atoms with Gasteiger partial charge in [0, 0.05) is 16.7 Å². The van der Waals surface area contributed by atoms with Crippen LogP contribution in [0.4, 0.5) is 0 Å². The van der Waals surface area contributed by atoms with Crippen molar-refractivity contribution >= 4 is 33.3 Å². The second-order valence-corrected chi connectivity index (χ2v) is 6.29. The van der Waals surface area contributed by atoms with E-state index >= 15 is 0 Å². The van der Waals surface area contributed by atoms with E-state index in [9.17, 15) is 0 Å². The molecule has 3 nitrogen and oxygen atoms in total. The van der Waals surface area contributed by atoms with Crippen LogP contribution in [0.15, 0.2) is 40.7 Å². The maximum absolute atomic E-state index is 9.04. The zero-order chi connectivity index (χ0) is 13.9. The summed E-state index contributed by atoms with van der Waals surface area (Å²) in [6.07, 6.45) is 0. The Labute approximate surface area is 125 Å². The van der Waals surface area contributed by atoms with Crippen molar-refractivity contribution in [1.29, 1.82) is 0 Å². The van der Waals surface area contributed by atoms with Gasteiger partial charge in [0.25, 0.3) is 0 Å². The van der Waals surface area contributed by atoms with Crippen LogP contribution in [0.5, 0.6) is 0 Å². The molecule has 0 radical (unpaired) electrons. The maximum atomic E-state index is 9.04. The molecule has 0 aliphatic carbocycles.